The van der Waals surface area contributed by atoms with Crippen molar-refractivity contribution in [3.05, 3.63) is 35.9 Å². The average molecular weight is 457 g/mol. The van der Waals surface area contributed by atoms with Crippen LogP contribution < -0.4 is 5.32 Å². The second kappa shape index (κ2) is 9.44. The summed E-state index contributed by atoms with van der Waals surface area (Å²) in [6.07, 6.45) is 7.70. The van der Waals surface area contributed by atoms with Gasteiger partial charge in [-0.05, 0) is 37.0 Å². The molecular weight excluding hydrogens is 424 g/mol. The first-order chi connectivity index (χ1) is 15.5. The van der Waals surface area contributed by atoms with E-state index in [4.69, 9.17) is 20.3 Å². The molecule has 1 fully saturated rings. The molecule has 2 aliphatic rings. The second-order valence-electron chi connectivity index (χ2n) is 9.67. The number of fused-ring (bicyclic) bond motifs is 1. The lowest BCUT2D eigenvalue weighted by Gasteiger charge is -2.52. The van der Waals surface area contributed by atoms with Crippen molar-refractivity contribution >= 4 is 17.8 Å². The Labute approximate surface area is 194 Å². The van der Waals surface area contributed by atoms with Gasteiger partial charge < -0.3 is 24.1 Å². The highest BCUT2D eigenvalue weighted by molar-refractivity contribution is 5.92. The van der Waals surface area contributed by atoms with Crippen molar-refractivity contribution in [2.45, 2.75) is 59.3 Å². The Morgan fingerprint density at radius 2 is 2.12 bits per heavy atom. The van der Waals surface area contributed by atoms with E-state index in [9.17, 15) is 14.4 Å². The third kappa shape index (κ3) is 4.69. The standard InChI is InChI=1S/C25H32N2O6/c1-7-10-26-21(28)12-17-14-25(23(30)31-6)16(2)33-20(24(3,4)5)13-19(25)27(22(17)29)15-18-9-8-11-32-18/h1,8-9,11,13,16-17,20H,10,12,14-15H2,2-6H3,(H,26,28)/t16-,17+,20-,25+/m1/s1. The van der Waals surface area contributed by atoms with Crippen molar-refractivity contribution in [1.82, 2.24) is 10.2 Å². The van der Waals surface area contributed by atoms with Crippen LogP contribution in [0.3, 0.4) is 0 Å². The maximum atomic E-state index is 13.7. The van der Waals surface area contributed by atoms with Gasteiger partial charge >= 0.3 is 5.97 Å². The maximum absolute atomic E-state index is 13.7. The molecule has 1 aromatic heterocycles. The first-order valence-corrected chi connectivity index (χ1v) is 11.0. The van der Waals surface area contributed by atoms with Crippen LogP contribution >= 0.6 is 0 Å². The summed E-state index contributed by atoms with van der Waals surface area (Å²) in [4.78, 5) is 41.0. The summed E-state index contributed by atoms with van der Waals surface area (Å²) in [6.45, 7) is 8.11. The normalized spacial score (nSPS) is 27.3. The monoisotopic (exact) mass is 456 g/mol. The molecule has 8 nitrogen and oxygen atoms in total. The van der Waals surface area contributed by atoms with Crippen LogP contribution in [-0.2, 0) is 30.4 Å². The predicted molar refractivity (Wildman–Crippen MR) is 120 cm³/mol. The van der Waals surface area contributed by atoms with E-state index < -0.39 is 23.4 Å². The molecule has 0 aliphatic carbocycles. The van der Waals surface area contributed by atoms with Crippen LogP contribution in [0, 0.1) is 29.1 Å². The number of hydrogen-bond acceptors (Lipinski definition) is 6. The number of likely N-dealkylation sites (tertiary alicyclic amines) is 1. The van der Waals surface area contributed by atoms with Gasteiger partial charge in [0.15, 0.2) is 0 Å². The van der Waals surface area contributed by atoms with E-state index in [1.807, 2.05) is 33.8 Å². The predicted octanol–water partition coefficient (Wildman–Crippen LogP) is 2.64. The van der Waals surface area contributed by atoms with Gasteiger partial charge in [0.25, 0.3) is 0 Å². The molecule has 3 rings (SSSR count). The van der Waals surface area contributed by atoms with Crippen LogP contribution in [0.1, 0.15) is 46.3 Å². The highest BCUT2D eigenvalue weighted by Crippen LogP contribution is 2.52. The van der Waals surface area contributed by atoms with Gasteiger partial charge in [0.2, 0.25) is 11.8 Å². The van der Waals surface area contributed by atoms with E-state index in [2.05, 4.69) is 11.2 Å². The summed E-state index contributed by atoms with van der Waals surface area (Å²) in [6, 6.07) is 3.50. The van der Waals surface area contributed by atoms with Gasteiger partial charge in [-0.1, -0.05) is 26.7 Å². The smallest absolute Gasteiger partial charge is 0.320 e. The Kier molecular flexibility index (Phi) is 7.03. The number of ether oxygens (including phenoxy) is 2. The Hall–Kier alpha value is -3.05. The second-order valence-corrected chi connectivity index (χ2v) is 9.67. The first-order valence-electron chi connectivity index (χ1n) is 11.0. The van der Waals surface area contributed by atoms with E-state index in [0.29, 0.717) is 11.5 Å². The van der Waals surface area contributed by atoms with E-state index in [-0.39, 0.29) is 49.3 Å². The van der Waals surface area contributed by atoms with Crippen LogP contribution in [0.15, 0.2) is 34.6 Å². The molecule has 0 aromatic carbocycles. The fourth-order valence-electron chi connectivity index (χ4n) is 4.61. The highest BCUT2D eigenvalue weighted by Gasteiger charge is 2.60. The highest BCUT2D eigenvalue weighted by atomic mass is 16.5. The van der Waals surface area contributed by atoms with Crippen LogP contribution in [0.25, 0.3) is 0 Å². The molecule has 1 N–H and O–H groups in total. The van der Waals surface area contributed by atoms with Crippen molar-refractivity contribution in [1.29, 1.82) is 0 Å². The molecule has 0 spiro atoms. The Bertz CT molecular complexity index is 968. The lowest BCUT2D eigenvalue weighted by Crippen LogP contribution is -2.60. The van der Waals surface area contributed by atoms with Gasteiger partial charge in [-0.15, -0.1) is 6.42 Å². The number of methoxy groups -OCH3 is 1. The minimum absolute atomic E-state index is 0.0654. The third-order valence-electron chi connectivity index (χ3n) is 6.40. The lowest BCUT2D eigenvalue weighted by atomic mass is 9.65. The minimum Gasteiger partial charge on any atom is -0.468 e. The molecule has 0 unspecified atom stereocenters. The number of piperidine rings is 1. The van der Waals surface area contributed by atoms with Gasteiger partial charge in [0.1, 0.15) is 11.2 Å². The van der Waals surface area contributed by atoms with Crippen molar-refractivity contribution in [2.75, 3.05) is 13.7 Å². The van der Waals surface area contributed by atoms with Gasteiger partial charge in [0, 0.05) is 18.0 Å². The van der Waals surface area contributed by atoms with E-state index in [1.165, 1.54) is 13.4 Å². The number of hydrogen-bond donors (Lipinski definition) is 1. The molecule has 0 bridgehead atoms. The largest absolute Gasteiger partial charge is 0.468 e. The molecule has 178 valence electrons. The average Bonchev–Trinajstić information content (AvgIpc) is 3.27. The van der Waals surface area contributed by atoms with Gasteiger partial charge in [-0.25, -0.2) is 0 Å². The lowest BCUT2D eigenvalue weighted by molar-refractivity contribution is -0.180. The third-order valence-corrected chi connectivity index (χ3v) is 6.40. The zero-order valence-electron chi connectivity index (χ0n) is 19.8. The van der Waals surface area contributed by atoms with Gasteiger partial charge in [0.05, 0.1) is 38.7 Å². The van der Waals surface area contributed by atoms with Crippen molar-refractivity contribution in [3.8, 4) is 12.3 Å². The van der Waals surface area contributed by atoms with Crippen LogP contribution in [0.2, 0.25) is 0 Å². The van der Waals surface area contributed by atoms with E-state index in [1.54, 1.807) is 17.0 Å². The summed E-state index contributed by atoms with van der Waals surface area (Å²) in [7, 11) is 1.32. The fraction of sp³-hybridized carbons (Fsp3) is 0.560. The molecule has 2 aliphatic heterocycles. The summed E-state index contributed by atoms with van der Waals surface area (Å²) >= 11 is 0. The van der Waals surface area contributed by atoms with Crippen molar-refractivity contribution in [2.24, 2.45) is 16.7 Å². The van der Waals surface area contributed by atoms with Crippen molar-refractivity contribution < 1.29 is 28.3 Å². The minimum atomic E-state index is -1.24. The topological polar surface area (TPSA) is 98.1 Å². The summed E-state index contributed by atoms with van der Waals surface area (Å²) < 4.78 is 17.1. The van der Waals surface area contributed by atoms with E-state index in [0.717, 1.165) is 0 Å². The number of furan rings is 1. The number of carbonyl (C=O) groups is 3. The van der Waals surface area contributed by atoms with Crippen LogP contribution in [0.4, 0.5) is 0 Å². The Morgan fingerprint density at radius 3 is 2.70 bits per heavy atom. The summed E-state index contributed by atoms with van der Waals surface area (Å²) in [5.41, 5.74) is -0.974. The molecule has 1 aromatic rings. The molecule has 33 heavy (non-hydrogen) atoms. The molecule has 8 heteroatoms. The summed E-state index contributed by atoms with van der Waals surface area (Å²) in [5.74, 6) is 1.04. The molecule has 2 amide bonds. The Morgan fingerprint density at radius 1 is 1.39 bits per heavy atom. The maximum Gasteiger partial charge on any atom is 0.320 e. The van der Waals surface area contributed by atoms with Crippen LogP contribution in [0.5, 0.6) is 0 Å². The van der Waals surface area contributed by atoms with Gasteiger partial charge in [-0.3, -0.25) is 14.4 Å². The number of amides is 2. The SMILES string of the molecule is C#CCNC(=O)C[C@H]1C[C@@]2(C(=O)OC)C(=C[C@H](C(C)(C)C)O[C@@H]2C)N(Cc2ccco2)C1=O. The number of esters is 1. The van der Waals surface area contributed by atoms with Crippen molar-refractivity contribution in [3.63, 3.8) is 0 Å². The zero-order chi connectivity index (χ0) is 24.4. The number of nitrogens with zero attached hydrogens (tertiary/aromatic N) is 1. The molecule has 1 saturated heterocycles. The molecule has 0 radical (unpaired) electrons. The molecule has 3 heterocycles. The number of carbonyl (C=O) groups excluding carboxylic acids is 3. The number of rotatable bonds is 6. The van der Waals surface area contributed by atoms with Gasteiger partial charge in [-0.2, -0.15) is 0 Å². The quantitative estimate of drug-likeness (QED) is 0.522. The molecular formula is C25H32N2O6. The molecule has 0 saturated carbocycles. The Balaban J connectivity index is 2.11. The fourth-order valence-corrected chi connectivity index (χ4v) is 4.61. The molecule has 4 atom stereocenters. The van der Waals surface area contributed by atoms with E-state index >= 15 is 0 Å². The number of terminal acetylenes is 1. The summed E-state index contributed by atoms with van der Waals surface area (Å²) in [5, 5.41) is 2.60. The first kappa shape index (κ1) is 24.6. The zero-order valence-corrected chi connectivity index (χ0v) is 19.8. The number of nitrogens with one attached hydrogen (secondary N) is 1. The van der Waals surface area contributed by atoms with Crippen LogP contribution in [-0.4, -0.2) is 48.5 Å².